The van der Waals surface area contributed by atoms with Gasteiger partial charge < -0.3 is 31.2 Å². The lowest BCUT2D eigenvalue weighted by Gasteiger charge is -2.57. The highest BCUT2D eigenvalue weighted by Gasteiger charge is 2.54. The zero-order valence-corrected chi connectivity index (χ0v) is 23.6. The predicted octanol–water partition coefficient (Wildman–Crippen LogP) is 8.23. The first-order valence-corrected chi connectivity index (χ1v) is 14.5. The maximum absolute atomic E-state index is 9.98. The fraction of sp³-hybridized carbons (Fsp3) is 0.314. The van der Waals surface area contributed by atoms with E-state index in [-0.39, 0.29) is 16.9 Å². The number of nitrogen functional groups attached to an aromatic ring is 2. The second-order valence-electron chi connectivity index (χ2n) is 12.1. The summed E-state index contributed by atoms with van der Waals surface area (Å²) in [4.78, 5) is 0. The Morgan fingerprint density at radius 3 is 1.24 bits per heavy atom. The van der Waals surface area contributed by atoms with Crippen LogP contribution in [-0.2, 0) is 5.41 Å². The van der Waals surface area contributed by atoms with Crippen LogP contribution >= 0.6 is 0 Å². The quantitative estimate of drug-likeness (QED) is 0.142. The number of benzene rings is 4. The lowest BCUT2D eigenvalue weighted by atomic mass is 9.46. The van der Waals surface area contributed by atoms with Crippen LogP contribution in [0.3, 0.4) is 0 Å². The van der Waals surface area contributed by atoms with E-state index in [1.165, 1.54) is 48.9 Å². The lowest BCUT2D eigenvalue weighted by Crippen LogP contribution is -2.52. The fourth-order valence-corrected chi connectivity index (χ4v) is 7.56. The molecule has 6 nitrogen and oxygen atoms in total. The summed E-state index contributed by atoms with van der Waals surface area (Å²) in [6.07, 6.45) is 4.80. The average Bonchev–Trinajstić information content (AvgIpc) is 2.93. The number of aromatic hydroxyl groups is 2. The molecule has 0 unspecified atom stereocenters. The van der Waals surface area contributed by atoms with Gasteiger partial charge in [0.15, 0.2) is 0 Å². The monoisotopic (exact) mass is 550 g/mol. The number of hydrogen-bond donors (Lipinski definition) is 4. The normalized spacial score (nSPS) is 23.1. The Balaban J connectivity index is 1.35. The first-order valence-electron chi connectivity index (χ1n) is 14.5. The van der Waals surface area contributed by atoms with E-state index in [0.29, 0.717) is 58.0 Å². The fourth-order valence-electron chi connectivity index (χ4n) is 7.56. The summed E-state index contributed by atoms with van der Waals surface area (Å²) >= 11 is 0. The molecule has 0 saturated heterocycles. The van der Waals surface area contributed by atoms with Gasteiger partial charge in [-0.1, -0.05) is 38.1 Å². The summed E-state index contributed by atoms with van der Waals surface area (Å²) in [5.74, 6) is 5.00. The molecule has 2 aliphatic carbocycles. The van der Waals surface area contributed by atoms with Crippen molar-refractivity contribution in [3.63, 3.8) is 0 Å². The molecule has 6 N–H and O–H groups in total. The summed E-state index contributed by atoms with van der Waals surface area (Å²) in [5.41, 5.74) is 14.7. The largest absolute Gasteiger partial charge is 0.506 e. The number of ether oxygens (including phenoxy) is 2. The second kappa shape index (κ2) is 10.6. The van der Waals surface area contributed by atoms with E-state index >= 15 is 0 Å². The van der Waals surface area contributed by atoms with E-state index in [1.54, 1.807) is 24.3 Å². The molecule has 2 fully saturated rings. The third-order valence-corrected chi connectivity index (χ3v) is 9.17. The molecule has 0 heterocycles. The Hall–Kier alpha value is -4.32. The molecule has 0 atom stereocenters. The topological polar surface area (TPSA) is 111 Å². The van der Waals surface area contributed by atoms with Crippen molar-refractivity contribution in [1.82, 2.24) is 0 Å². The van der Waals surface area contributed by atoms with E-state index in [4.69, 9.17) is 20.9 Å². The van der Waals surface area contributed by atoms with Gasteiger partial charge in [-0.3, -0.25) is 0 Å². The van der Waals surface area contributed by atoms with Gasteiger partial charge >= 0.3 is 0 Å². The molecule has 2 saturated carbocycles. The molecule has 6 heteroatoms. The van der Waals surface area contributed by atoms with E-state index in [0.717, 1.165) is 0 Å². The van der Waals surface area contributed by atoms with E-state index in [1.807, 2.05) is 24.3 Å². The lowest BCUT2D eigenvalue weighted by molar-refractivity contribution is 0.0271. The average molecular weight is 551 g/mol. The van der Waals surface area contributed by atoms with Crippen LogP contribution < -0.4 is 20.9 Å². The Morgan fingerprint density at radius 1 is 0.561 bits per heavy atom. The zero-order valence-electron chi connectivity index (χ0n) is 23.6. The highest BCUT2D eigenvalue weighted by molar-refractivity contribution is 5.56. The number of phenolic OH excluding ortho intramolecular Hbond substituents is 2. The molecule has 212 valence electrons. The number of anilines is 2. The highest BCUT2D eigenvalue weighted by Crippen LogP contribution is 2.60. The van der Waals surface area contributed by atoms with E-state index < -0.39 is 0 Å². The molecule has 0 spiro atoms. The van der Waals surface area contributed by atoms with Gasteiger partial charge in [0.25, 0.3) is 0 Å². The molecule has 2 aliphatic rings. The van der Waals surface area contributed by atoms with Crippen molar-refractivity contribution in [2.24, 2.45) is 23.7 Å². The van der Waals surface area contributed by atoms with Crippen molar-refractivity contribution in [3.05, 3.63) is 96.1 Å². The van der Waals surface area contributed by atoms with Crippen molar-refractivity contribution in [1.29, 1.82) is 0 Å². The van der Waals surface area contributed by atoms with Gasteiger partial charge in [0.05, 0.1) is 11.4 Å². The van der Waals surface area contributed by atoms with Crippen LogP contribution in [0.2, 0.25) is 0 Å². The molecular weight excluding hydrogens is 512 g/mol. The first-order chi connectivity index (χ1) is 19.7. The molecule has 2 bridgehead atoms. The Labute approximate surface area is 241 Å². The maximum atomic E-state index is 9.98. The van der Waals surface area contributed by atoms with Crippen molar-refractivity contribution in [3.8, 4) is 34.5 Å². The third kappa shape index (κ3) is 5.03. The molecule has 4 aromatic carbocycles. The summed E-state index contributed by atoms with van der Waals surface area (Å²) in [6.45, 7) is 4.80. The molecule has 0 radical (unpaired) electrons. The van der Waals surface area contributed by atoms with Crippen LogP contribution in [0.15, 0.2) is 84.9 Å². The van der Waals surface area contributed by atoms with Crippen molar-refractivity contribution in [2.75, 3.05) is 11.5 Å². The van der Waals surface area contributed by atoms with E-state index in [2.05, 4.69) is 38.1 Å². The summed E-state index contributed by atoms with van der Waals surface area (Å²) in [7, 11) is 0. The Bertz CT molecular complexity index is 1400. The van der Waals surface area contributed by atoms with Crippen LogP contribution in [0.25, 0.3) is 0 Å². The molecular formula is C35H38N2O4. The number of phenols is 2. The summed E-state index contributed by atoms with van der Waals surface area (Å²) < 4.78 is 12.1. The smallest absolute Gasteiger partial charge is 0.142 e. The van der Waals surface area contributed by atoms with Crippen LogP contribution in [0.5, 0.6) is 34.5 Å². The number of nitrogens with two attached hydrogens (primary N) is 2. The Kier molecular flexibility index (Phi) is 6.94. The summed E-state index contributed by atoms with van der Waals surface area (Å²) in [5, 5.41) is 20.0. The number of hydrogen-bond acceptors (Lipinski definition) is 6. The number of rotatable bonds is 6. The first kappa shape index (κ1) is 26.9. The number of fused-ring (bicyclic) bond motifs is 2. The minimum atomic E-state index is -0.102. The van der Waals surface area contributed by atoms with Gasteiger partial charge in [0.2, 0.25) is 0 Å². The maximum Gasteiger partial charge on any atom is 0.142 e. The SMILES string of the molecule is CC1CC2CC(C)CC(C1)C2(c1ccc(Oc2ccc(N)c(O)c2)cc1)c1ccc(Oc2ccc(N)c(O)c2)cc1. The Morgan fingerprint density at radius 2 is 0.902 bits per heavy atom. The van der Waals surface area contributed by atoms with Crippen molar-refractivity contribution in [2.45, 2.75) is 44.9 Å². The van der Waals surface area contributed by atoms with Crippen LogP contribution in [0.1, 0.15) is 50.7 Å². The molecule has 4 aromatic rings. The van der Waals surface area contributed by atoms with Gasteiger partial charge in [-0.05, 0) is 109 Å². The van der Waals surface area contributed by atoms with Crippen LogP contribution in [-0.4, -0.2) is 10.2 Å². The molecule has 41 heavy (non-hydrogen) atoms. The summed E-state index contributed by atoms with van der Waals surface area (Å²) in [6, 6.07) is 26.9. The van der Waals surface area contributed by atoms with Crippen LogP contribution in [0, 0.1) is 23.7 Å². The van der Waals surface area contributed by atoms with Gasteiger partial charge in [-0.2, -0.15) is 0 Å². The van der Waals surface area contributed by atoms with Gasteiger partial charge in [0, 0.05) is 17.5 Å². The van der Waals surface area contributed by atoms with Gasteiger partial charge in [-0.15, -0.1) is 0 Å². The predicted molar refractivity (Wildman–Crippen MR) is 163 cm³/mol. The van der Waals surface area contributed by atoms with Crippen molar-refractivity contribution < 1.29 is 19.7 Å². The minimum absolute atomic E-state index is 0.0111. The molecule has 0 amide bonds. The second-order valence-corrected chi connectivity index (χ2v) is 12.1. The molecule has 6 rings (SSSR count). The highest BCUT2D eigenvalue weighted by atomic mass is 16.5. The zero-order chi connectivity index (χ0) is 28.7. The molecule has 0 aliphatic heterocycles. The van der Waals surface area contributed by atoms with Gasteiger partial charge in [-0.25, -0.2) is 0 Å². The van der Waals surface area contributed by atoms with Crippen molar-refractivity contribution >= 4 is 11.4 Å². The third-order valence-electron chi connectivity index (χ3n) is 9.17. The minimum Gasteiger partial charge on any atom is -0.506 e. The molecule has 0 aromatic heterocycles. The standard InChI is InChI=1S/C35H38N2O4/c1-21-15-25-17-22(2)18-26(16-21)35(25,23-3-7-27(8-4-23)40-29-11-13-31(36)33(38)19-29)24-5-9-28(10-6-24)41-30-12-14-32(37)34(39)20-30/h3-14,19-22,25-26,38-39H,15-18,36-37H2,1-2H3. The van der Waals surface area contributed by atoms with E-state index in [9.17, 15) is 10.2 Å². The van der Waals surface area contributed by atoms with Gasteiger partial charge in [0.1, 0.15) is 34.5 Å². The van der Waals surface area contributed by atoms with Crippen LogP contribution in [0.4, 0.5) is 11.4 Å².